The van der Waals surface area contributed by atoms with Crippen molar-refractivity contribution in [2.24, 2.45) is 0 Å². The van der Waals surface area contributed by atoms with Crippen LogP contribution in [0.25, 0.3) is 34.3 Å². The van der Waals surface area contributed by atoms with Crippen molar-refractivity contribution in [2.75, 3.05) is 0 Å². The molecule has 0 saturated carbocycles. The minimum absolute atomic E-state index is 0.0185. The summed E-state index contributed by atoms with van der Waals surface area (Å²) in [5.74, 6) is -1.82. The topological polar surface area (TPSA) is 127 Å². The average molecular weight is 527 g/mol. The highest BCUT2D eigenvalue weighted by Crippen LogP contribution is 2.43. The Hall–Kier alpha value is -4.36. The van der Waals surface area contributed by atoms with E-state index >= 15 is 0 Å². The number of aliphatic hydroxyl groups excluding tert-OH is 1. The maximum atomic E-state index is 13.9. The fraction of sp³-hybridized carbons (Fsp3) is 0.125. The number of amides is 1. The second-order valence-corrected chi connectivity index (χ2v) is 8.67. The van der Waals surface area contributed by atoms with Gasteiger partial charge >= 0.3 is 6.18 Å². The molecule has 188 valence electrons. The molecule has 9 nitrogen and oxygen atoms in total. The second-order valence-electron chi connectivity index (χ2n) is 7.69. The summed E-state index contributed by atoms with van der Waals surface area (Å²) in [7, 11) is 0. The summed E-state index contributed by atoms with van der Waals surface area (Å²) in [5.41, 5.74) is -0.628. The van der Waals surface area contributed by atoms with Crippen molar-refractivity contribution >= 4 is 17.2 Å². The fourth-order valence-corrected chi connectivity index (χ4v) is 4.05. The summed E-state index contributed by atoms with van der Waals surface area (Å²) in [6, 6.07) is 13.7. The molecule has 0 spiro atoms. The average Bonchev–Trinajstić information content (AvgIpc) is 3.67. The van der Waals surface area contributed by atoms with Crippen molar-refractivity contribution in [2.45, 2.75) is 18.8 Å². The number of alkyl halides is 3. The molecule has 0 saturated heterocycles. The van der Waals surface area contributed by atoms with E-state index in [0.717, 1.165) is 0 Å². The molecular formula is C24H16F3N5O4S. The van der Waals surface area contributed by atoms with Crippen LogP contribution in [-0.2, 0) is 17.5 Å². The third-order valence-electron chi connectivity index (χ3n) is 5.27. The summed E-state index contributed by atoms with van der Waals surface area (Å²) in [6.07, 6.45) is -4.62. The van der Waals surface area contributed by atoms with Gasteiger partial charge in [-0.25, -0.2) is 4.98 Å². The van der Waals surface area contributed by atoms with Crippen LogP contribution in [0.4, 0.5) is 13.2 Å². The van der Waals surface area contributed by atoms with Gasteiger partial charge in [-0.2, -0.15) is 18.2 Å². The SMILES string of the molecule is O=C(NCc1nccs1)[C@H](O)c1ccc(-c2noc(-c3onc(-c4ccccc4)c3C(F)(F)F)n2)cc1. The van der Waals surface area contributed by atoms with Gasteiger partial charge in [-0.05, 0) is 5.56 Å². The molecule has 1 amide bonds. The summed E-state index contributed by atoms with van der Waals surface area (Å²) < 4.78 is 51.8. The molecule has 0 bridgehead atoms. The predicted molar refractivity (Wildman–Crippen MR) is 125 cm³/mol. The first-order chi connectivity index (χ1) is 17.8. The van der Waals surface area contributed by atoms with E-state index in [1.54, 1.807) is 29.8 Å². The van der Waals surface area contributed by atoms with Gasteiger partial charge in [0.2, 0.25) is 11.6 Å². The van der Waals surface area contributed by atoms with E-state index in [1.807, 2.05) is 0 Å². The molecule has 5 aromatic rings. The Morgan fingerprint density at radius 2 is 1.78 bits per heavy atom. The normalized spacial score (nSPS) is 12.4. The number of rotatable bonds is 7. The molecule has 5 rings (SSSR count). The van der Waals surface area contributed by atoms with Gasteiger partial charge in [-0.15, -0.1) is 11.3 Å². The highest BCUT2D eigenvalue weighted by Gasteiger charge is 2.43. The van der Waals surface area contributed by atoms with Crippen LogP contribution in [0.3, 0.4) is 0 Å². The van der Waals surface area contributed by atoms with Crippen molar-refractivity contribution in [3.63, 3.8) is 0 Å². The highest BCUT2D eigenvalue weighted by atomic mass is 32.1. The standard InChI is InChI=1S/C24H16F3N5O4S/c25-24(26,27)17-18(13-4-2-1-3-5-13)31-35-20(17)23-30-21(32-36-23)15-8-6-14(7-9-15)19(33)22(34)29-12-16-28-10-11-37-16/h1-11,19,33H,12H2,(H,29,34)/t19-/m1/s1. The van der Waals surface area contributed by atoms with Crippen LogP contribution in [-0.4, -0.2) is 31.3 Å². The number of halogens is 3. The number of aliphatic hydroxyl groups is 1. The second kappa shape index (κ2) is 9.95. The van der Waals surface area contributed by atoms with Gasteiger partial charge in [-0.1, -0.05) is 64.9 Å². The molecule has 3 heterocycles. The first-order valence-electron chi connectivity index (χ1n) is 10.7. The molecule has 37 heavy (non-hydrogen) atoms. The van der Waals surface area contributed by atoms with Gasteiger partial charge in [0.15, 0.2) is 6.10 Å². The van der Waals surface area contributed by atoms with E-state index in [4.69, 9.17) is 9.05 Å². The molecule has 0 fully saturated rings. The molecule has 2 N–H and O–H groups in total. The molecule has 2 aromatic carbocycles. The molecular weight excluding hydrogens is 511 g/mol. The Bertz CT molecular complexity index is 1500. The number of carbonyl (C=O) groups is 1. The maximum Gasteiger partial charge on any atom is 0.422 e. The van der Waals surface area contributed by atoms with E-state index < -0.39 is 41.1 Å². The van der Waals surface area contributed by atoms with E-state index in [2.05, 4.69) is 25.6 Å². The lowest BCUT2D eigenvalue weighted by Gasteiger charge is -2.11. The summed E-state index contributed by atoms with van der Waals surface area (Å²) in [5, 5.41) is 22.7. The Morgan fingerprint density at radius 3 is 2.46 bits per heavy atom. The number of nitrogens with zero attached hydrogens (tertiary/aromatic N) is 4. The first-order valence-corrected chi connectivity index (χ1v) is 11.6. The van der Waals surface area contributed by atoms with E-state index in [1.165, 1.54) is 47.7 Å². The lowest BCUT2D eigenvalue weighted by molar-refractivity contribution is -0.137. The van der Waals surface area contributed by atoms with Gasteiger partial charge in [0, 0.05) is 22.7 Å². The molecule has 1 atom stereocenters. The summed E-state index contributed by atoms with van der Waals surface area (Å²) in [4.78, 5) is 20.3. The van der Waals surface area contributed by atoms with Crippen LogP contribution in [0.2, 0.25) is 0 Å². The number of thiazole rings is 1. The molecule has 3 aromatic heterocycles. The quantitative estimate of drug-likeness (QED) is 0.307. The largest absolute Gasteiger partial charge is 0.422 e. The van der Waals surface area contributed by atoms with Crippen LogP contribution in [0.5, 0.6) is 0 Å². The maximum absolute atomic E-state index is 13.9. The summed E-state index contributed by atoms with van der Waals surface area (Å²) in [6.45, 7) is 0.185. The zero-order valence-electron chi connectivity index (χ0n) is 18.6. The number of nitrogens with one attached hydrogen (secondary N) is 1. The van der Waals surface area contributed by atoms with E-state index in [0.29, 0.717) is 16.1 Å². The van der Waals surface area contributed by atoms with Gasteiger partial charge in [0.1, 0.15) is 16.3 Å². The van der Waals surface area contributed by atoms with Crippen LogP contribution >= 0.6 is 11.3 Å². The third kappa shape index (κ3) is 5.13. The van der Waals surface area contributed by atoms with Crippen LogP contribution in [0.1, 0.15) is 22.2 Å². The molecule has 0 aliphatic heterocycles. The van der Waals surface area contributed by atoms with Gasteiger partial charge in [-0.3, -0.25) is 4.79 Å². The van der Waals surface area contributed by atoms with Gasteiger partial charge in [0.25, 0.3) is 11.8 Å². The Labute approximate surface area is 210 Å². The first kappa shape index (κ1) is 24.3. The van der Waals surface area contributed by atoms with E-state index in [-0.39, 0.29) is 17.9 Å². The van der Waals surface area contributed by atoms with Crippen molar-refractivity contribution in [1.82, 2.24) is 25.6 Å². The number of carbonyl (C=O) groups excluding carboxylic acids is 1. The number of benzene rings is 2. The molecule has 0 unspecified atom stereocenters. The molecule has 0 aliphatic rings. The van der Waals surface area contributed by atoms with Crippen LogP contribution < -0.4 is 5.32 Å². The van der Waals surface area contributed by atoms with Crippen LogP contribution in [0.15, 0.2) is 75.2 Å². The van der Waals surface area contributed by atoms with Crippen LogP contribution in [0, 0.1) is 0 Å². The van der Waals surface area contributed by atoms with Crippen molar-refractivity contribution in [3.05, 3.63) is 82.3 Å². The predicted octanol–water partition coefficient (Wildman–Crippen LogP) is 4.88. The Kier molecular flexibility index (Phi) is 6.54. The van der Waals surface area contributed by atoms with Gasteiger partial charge < -0.3 is 19.5 Å². The minimum Gasteiger partial charge on any atom is -0.378 e. The lowest BCUT2D eigenvalue weighted by atomic mass is 10.1. The lowest BCUT2D eigenvalue weighted by Crippen LogP contribution is -2.28. The smallest absolute Gasteiger partial charge is 0.378 e. The molecule has 0 aliphatic carbocycles. The number of aromatic nitrogens is 4. The molecule has 0 radical (unpaired) electrons. The van der Waals surface area contributed by atoms with E-state index in [9.17, 15) is 23.1 Å². The Morgan fingerprint density at radius 1 is 1.03 bits per heavy atom. The fourth-order valence-electron chi connectivity index (χ4n) is 3.49. The minimum atomic E-state index is -4.80. The van der Waals surface area contributed by atoms with Crippen molar-refractivity contribution < 1.29 is 32.1 Å². The zero-order chi connectivity index (χ0) is 26.0. The van der Waals surface area contributed by atoms with Gasteiger partial charge in [0.05, 0.1) is 6.54 Å². The summed E-state index contributed by atoms with van der Waals surface area (Å²) >= 11 is 1.37. The zero-order valence-corrected chi connectivity index (χ0v) is 19.5. The van der Waals surface area contributed by atoms with Crippen molar-refractivity contribution in [1.29, 1.82) is 0 Å². The monoisotopic (exact) mass is 527 g/mol. The third-order valence-corrected chi connectivity index (χ3v) is 6.05. The Balaban J connectivity index is 1.36. The number of hydrogen-bond donors (Lipinski definition) is 2. The van der Waals surface area contributed by atoms with Crippen molar-refractivity contribution in [3.8, 4) is 34.3 Å². The number of hydrogen-bond acceptors (Lipinski definition) is 9. The molecule has 13 heteroatoms. The highest BCUT2D eigenvalue weighted by molar-refractivity contribution is 7.09.